The minimum absolute atomic E-state index is 0.467. The zero-order valence-electron chi connectivity index (χ0n) is 15.3. The van der Waals surface area contributed by atoms with Gasteiger partial charge in [-0.15, -0.1) is 0 Å². The smallest absolute Gasteiger partial charge is 0.133 e. The first-order valence-corrected chi connectivity index (χ1v) is 9.57. The Morgan fingerprint density at radius 1 is 1.24 bits per heavy atom. The van der Waals surface area contributed by atoms with Gasteiger partial charge in [-0.25, -0.2) is 9.97 Å². The van der Waals surface area contributed by atoms with Crippen molar-refractivity contribution < 1.29 is 0 Å². The summed E-state index contributed by atoms with van der Waals surface area (Å²) in [6.07, 6.45) is 9.62. The number of rotatable bonds is 5. The summed E-state index contributed by atoms with van der Waals surface area (Å²) in [6.45, 7) is 8.48. The van der Waals surface area contributed by atoms with Gasteiger partial charge in [-0.05, 0) is 52.5 Å². The average molecular weight is 340 g/mol. The van der Waals surface area contributed by atoms with E-state index in [1.165, 1.54) is 41.8 Å². The summed E-state index contributed by atoms with van der Waals surface area (Å²) in [4.78, 5) is 11.5. The number of anilines is 1. The summed E-state index contributed by atoms with van der Waals surface area (Å²) in [5.74, 6) is 1.07. The molecule has 134 valence electrons. The van der Waals surface area contributed by atoms with Gasteiger partial charge in [-0.2, -0.15) is 5.10 Å². The molecule has 1 fully saturated rings. The Kier molecular flexibility index (Phi) is 4.70. The fourth-order valence-corrected chi connectivity index (χ4v) is 4.19. The molecule has 2 aliphatic rings. The Morgan fingerprint density at radius 2 is 2.16 bits per heavy atom. The lowest BCUT2D eigenvalue weighted by Crippen LogP contribution is -2.42. The normalized spacial score (nSPS) is 20.6. The molecule has 1 atom stereocenters. The van der Waals surface area contributed by atoms with Crippen molar-refractivity contribution >= 4 is 5.82 Å². The molecule has 6 heteroatoms. The van der Waals surface area contributed by atoms with E-state index in [1.807, 2.05) is 6.20 Å². The lowest BCUT2D eigenvalue weighted by molar-refractivity contribution is 0.208. The van der Waals surface area contributed by atoms with Crippen molar-refractivity contribution in [3.05, 3.63) is 35.0 Å². The maximum Gasteiger partial charge on any atom is 0.133 e. The summed E-state index contributed by atoms with van der Waals surface area (Å²) in [5, 5.41) is 8.20. The van der Waals surface area contributed by atoms with Gasteiger partial charge in [-0.1, -0.05) is 0 Å². The second-order valence-corrected chi connectivity index (χ2v) is 7.29. The van der Waals surface area contributed by atoms with Crippen LogP contribution in [-0.2, 0) is 25.9 Å². The molecule has 0 aromatic carbocycles. The second-order valence-electron chi connectivity index (χ2n) is 7.29. The van der Waals surface area contributed by atoms with Crippen molar-refractivity contribution in [1.82, 2.24) is 24.6 Å². The van der Waals surface area contributed by atoms with Crippen LogP contribution in [0.15, 0.2) is 12.5 Å². The van der Waals surface area contributed by atoms with E-state index in [0.717, 1.165) is 44.8 Å². The highest BCUT2D eigenvalue weighted by molar-refractivity contribution is 5.48. The summed E-state index contributed by atoms with van der Waals surface area (Å²) < 4.78 is 2.08. The summed E-state index contributed by atoms with van der Waals surface area (Å²) in [5.41, 5.74) is 5.24. The van der Waals surface area contributed by atoms with Gasteiger partial charge in [0, 0.05) is 48.2 Å². The average Bonchev–Trinajstić information content (AvgIpc) is 3.23. The molecule has 1 aliphatic carbocycles. The molecule has 4 rings (SSSR count). The molecule has 0 saturated carbocycles. The quantitative estimate of drug-likeness (QED) is 0.906. The minimum Gasteiger partial charge on any atom is -0.366 e. The van der Waals surface area contributed by atoms with E-state index < -0.39 is 0 Å². The van der Waals surface area contributed by atoms with Gasteiger partial charge in [0.1, 0.15) is 12.1 Å². The number of fused-ring (bicyclic) bond motifs is 1. The summed E-state index contributed by atoms with van der Waals surface area (Å²) in [6, 6.07) is 0.467. The van der Waals surface area contributed by atoms with Gasteiger partial charge in [0.25, 0.3) is 0 Å². The van der Waals surface area contributed by atoms with E-state index in [0.29, 0.717) is 6.04 Å². The molecular weight excluding hydrogens is 312 g/mol. The Morgan fingerprint density at radius 3 is 3.00 bits per heavy atom. The van der Waals surface area contributed by atoms with Crippen molar-refractivity contribution in [3.63, 3.8) is 0 Å². The Hall–Kier alpha value is -1.95. The fraction of sp³-hybridized carbons (Fsp3) is 0.632. The first-order valence-electron chi connectivity index (χ1n) is 9.57. The number of aromatic nitrogens is 4. The SMILES string of the molecule is CCn1ncc(CN2CCC[C@H](Nc3ncnc4c3CCC4)C2)c1C. The second kappa shape index (κ2) is 7.12. The third-order valence-corrected chi connectivity index (χ3v) is 5.62. The zero-order valence-corrected chi connectivity index (χ0v) is 15.3. The zero-order chi connectivity index (χ0) is 17.2. The molecule has 1 N–H and O–H groups in total. The molecule has 0 unspecified atom stereocenters. The van der Waals surface area contributed by atoms with Crippen molar-refractivity contribution in [2.45, 2.75) is 65.1 Å². The van der Waals surface area contributed by atoms with Crippen LogP contribution in [0.1, 0.15) is 48.7 Å². The number of likely N-dealkylation sites (tertiary alicyclic amines) is 1. The lowest BCUT2D eigenvalue weighted by Gasteiger charge is -2.33. The lowest BCUT2D eigenvalue weighted by atomic mass is 10.0. The van der Waals surface area contributed by atoms with E-state index in [9.17, 15) is 0 Å². The maximum absolute atomic E-state index is 4.53. The van der Waals surface area contributed by atoms with Gasteiger partial charge in [0.2, 0.25) is 0 Å². The number of hydrogen-bond acceptors (Lipinski definition) is 5. The molecule has 0 bridgehead atoms. The standard InChI is InChI=1S/C19H28N6/c1-3-25-14(2)15(10-22-25)11-24-9-5-6-16(12-24)23-19-17-7-4-8-18(17)20-13-21-19/h10,13,16H,3-9,11-12H2,1-2H3,(H,20,21,23)/t16-/m0/s1. The van der Waals surface area contributed by atoms with Crippen LogP contribution in [0.25, 0.3) is 0 Å². The number of hydrogen-bond donors (Lipinski definition) is 1. The third kappa shape index (κ3) is 3.40. The number of nitrogens with one attached hydrogen (secondary N) is 1. The van der Waals surface area contributed by atoms with Crippen LogP contribution < -0.4 is 5.32 Å². The van der Waals surface area contributed by atoms with Crippen LogP contribution in [0.4, 0.5) is 5.82 Å². The summed E-state index contributed by atoms with van der Waals surface area (Å²) >= 11 is 0. The molecule has 3 heterocycles. The number of nitrogens with zero attached hydrogens (tertiary/aromatic N) is 5. The van der Waals surface area contributed by atoms with Crippen LogP contribution in [0.3, 0.4) is 0 Å². The summed E-state index contributed by atoms with van der Waals surface area (Å²) in [7, 11) is 0. The Labute approximate surface area is 149 Å². The predicted molar refractivity (Wildman–Crippen MR) is 98.6 cm³/mol. The molecule has 1 aliphatic heterocycles. The molecule has 1 saturated heterocycles. The molecule has 0 spiro atoms. The van der Waals surface area contributed by atoms with Crippen LogP contribution in [-0.4, -0.2) is 43.8 Å². The van der Waals surface area contributed by atoms with Crippen molar-refractivity contribution in [2.75, 3.05) is 18.4 Å². The van der Waals surface area contributed by atoms with Gasteiger partial charge in [0.15, 0.2) is 0 Å². The highest BCUT2D eigenvalue weighted by atomic mass is 15.3. The first kappa shape index (κ1) is 16.5. The van der Waals surface area contributed by atoms with E-state index in [1.54, 1.807) is 6.33 Å². The predicted octanol–water partition coefficient (Wildman–Crippen LogP) is 2.57. The fourth-order valence-electron chi connectivity index (χ4n) is 4.19. The van der Waals surface area contributed by atoms with Crippen LogP contribution in [0.5, 0.6) is 0 Å². The van der Waals surface area contributed by atoms with Crippen molar-refractivity contribution in [1.29, 1.82) is 0 Å². The minimum atomic E-state index is 0.467. The highest BCUT2D eigenvalue weighted by Gasteiger charge is 2.24. The monoisotopic (exact) mass is 340 g/mol. The third-order valence-electron chi connectivity index (χ3n) is 5.62. The maximum atomic E-state index is 4.53. The van der Waals surface area contributed by atoms with Gasteiger partial charge >= 0.3 is 0 Å². The van der Waals surface area contributed by atoms with E-state index in [2.05, 4.69) is 43.8 Å². The van der Waals surface area contributed by atoms with Gasteiger partial charge in [0.05, 0.1) is 6.20 Å². The molecule has 2 aromatic rings. The highest BCUT2D eigenvalue weighted by Crippen LogP contribution is 2.27. The van der Waals surface area contributed by atoms with Gasteiger partial charge in [-0.3, -0.25) is 9.58 Å². The van der Waals surface area contributed by atoms with Gasteiger partial charge < -0.3 is 5.32 Å². The Balaban J connectivity index is 1.41. The van der Waals surface area contributed by atoms with E-state index >= 15 is 0 Å². The van der Waals surface area contributed by atoms with Crippen LogP contribution in [0, 0.1) is 6.92 Å². The molecule has 0 amide bonds. The largest absolute Gasteiger partial charge is 0.366 e. The van der Waals surface area contributed by atoms with Crippen LogP contribution >= 0.6 is 0 Å². The topological polar surface area (TPSA) is 58.9 Å². The first-order chi connectivity index (χ1) is 12.2. The molecule has 6 nitrogen and oxygen atoms in total. The molecule has 2 aromatic heterocycles. The molecule has 25 heavy (non-hydrogen) atoms. The van der Waals surface area contributed by atoms with Crippen molar-refractivity contribution in [3.8, 4) is 0 Å². The number of aryl methyl sites for hydroxylation is 2. The van der Waals surface area contributed by atoms with E-state index in [4.69, 9.17) is 0 Å². The molecular formula is C19H28N6. The molecule has 0 radical (unpaired) electrons. The Bertz CT molecular complexity index is 738. The van der Waals surface area contributed by atoms with Crippen molar-refractivity contribution in [2.24, 2.45) is 0 Å². The van der Waals surface area contributed by atoms with E-state index in [-0.39, 0.29) is 0 Å². The van der Waals surface area contributed by atoms with Crippen LogP contribution in [0.2, 0.25) is 0 Å². The number of piperidine rings is 1.